The SMILES string of the molecule is Cc1c(Br)cccc1C(=O)Nc1nccc(Cl)n1. The Morgan fingerprint density at radius 1 is 1.39 bits per heavy atom. The normalized spacial score (nSPS) is 10.2. The molecule has 1 aromatic carbocycles. The lowest BCUT2D eigenvalue weighted by atomic mass is 10.1. The second-order valence-corrected chi connectivity index (χ2v) is 4.81. The molecule has 0 aliphatic carbocycles. The number of carbonyl (C=O) groups excluding carboxylic acids is 1. The monoisotopic (exact) mass is 325 g/mol. The van der Waals surface area contributed by atoms with Crippen LogP contribution >= 0.6 is 27.5 Å². The van der Waals surface area contributed by atoms with E-state index in [9.17, 15) is 4.79 Å². The van der Waals surface area contributed by atoms with Gasteiger partial charge in [0.2, 0.25) is 5.95 Å². The Labute approximate surface area is 118 Å². The van der Waals surface area contributed by atoms with E-state index in [2.05, 4.69) is 31.2 Å². The fraction of sp³-hybridized carbons (Fsp3) is 0.0833. The molecule has 6 heteroatoms. The van der Waals surface area contributed by atoms with Gasteiger partial charge >= 0.3 is 0 Å². The summed E-state index contributed by atoms with van der Waals surface area (Å²) in [7, 11) is 0. The van der Waals surface area contributed by atoms with Gasteiger partial charge in [0.1, 0.15) is 5.15 Å². The fourth-order valence-corrected chi connectivity index (χ4v) is 1.92. The highest BCUT2D eigenvalue weighted by Gasteiger charge is 2.12. The molecule has 1 heterocycles. The molecule has 0 bridgehead atoms. The van der Waals surface area contributed by atoms with Crippen LogP contribution in [0.4, 0.5) is 5.95 Å². The molecule has 1 aromatic heterocycles. The van der Waals surface area contributed by atoms with Crippen molar-refractivity contribution in [2.24, 2.45) is 0 Å². The Kier molecular flexibility index (Phi) is 3.93. The second kappa shape index (κ2) is 5.46. The molecule has 0 radical (unpaired) electrons. The van der Waals surface area contributed by atoms with E-state index in [1.807, 2.05) is 13.0 Å². The lowest BCUT2D eigenvalue weighted by Gasteiger charge is -2.07. The summed E-state index contributed by atoms with van der Waals surface area (Å²) in [6.45, 7) is 1.86. The van der Waals surface area contributed by atoms with Gasteiger partial charge in [-0.15, -0.1) is 0 Å². The first-order chi connectivity index (χ1) is 8.58. The molecule has 2 aromatic rings. The maximum atomic E-state index is 12.0. The van der Waals surface area contributed by atoms with Crippen molar-refractivity contribution in [3.8, 4) is 0 Å². The number of benzene rings is 1. The number of anilines is 1. The van der Waals surface area contributed by atoms with Gasteiger partial charge in [0.05, 0.1) is 0 Å². The summed E-state index contributed by atoms with van der Waals surface area (Å²) in [5.74, 6) is -0.0806. The summed E-state index contributed by atoms with van der Waals surface area (Å²) >= 11 is 9.10. The van der Waals surface area contributed by atoms with Crippen LogP contribution in [-0.2, 0) is 0 Å². The molecule has 92 valence electrons. The van der Waals surface area contributed by atoms with E-state index >= 15 is 0 Å². The molecule has 4 nitrogen and oxygen atoms in total. The molecular weight excluding hydrogens is 318 g/mol. The van der Waals surface area contributed by atoms with Crippen molar-refractivity contribution in [2.75, 3.05) is 5.32 Å². The number of rotatable bonds is 2. The molecule has 0 aliphatic rings. The number of amides is 1. The first kappa shape index (κ1) is 13.0. The predicted octanol–water partition coefficient (Wildman–Crippen LogP) is 3.45. The molecule has 2 rings (SSSR count). The summed E-state index contributed by atoms with van der Waals surface area (Å²) in [5.41, 5.74) is 1.42. The van der Waals surface area contributed by atoms with E-state index in [1.54, 1.807) is 18.2 Å². The van der Waals surface area contributed by atoms with E-state index in [0.29, 0.717) is 5.56 Å². The van der Waals surface area contributed by atoms with Crippen molar-refractivity contribution in [1.29, 1.82) is 0 Å². The maximum absolute atomic E-state index is 12.0. The Hall–Kier alpha value is -1.46. The lowest BCUT2D eigenvalue weighted by Crippen LogP contribution is -2.15. The third kappa shape index (κ3) is 2.86. The minimum Gasteiger partial charge on any atom is -0.290 e. The van der Waals surface area contributed by atoms with Crippen molar-refractivity contribution in [3.63, 3.8) is 0 Å². The Bertz CT molecular complexity index is 604. The molecule has 0 fully saturated rings. The van der Waals surface area contributed by atoms with Crippen LogP contribution in [0.25, 0.3) is 0 Å². The van der Waals surface area contributed by atoms with Gasteiger partial charge in [-0.3, -0.25) is 10.1 Å². The number of aromatic nitrogens is 2. The van der Waals surface area contributed by atoms with Gasteiger partial charge in [0.25, 0.3) is 5.91 Å². The highest BCUT2D eigenvalue weighted by molar-refractivity contribution is 9.10. The molecule has 0 aliphatic heterocycles. The highest BCUT2D eigenvalue weighted by atomic mass is 79.9. The summed E-state index contributed by atoms with van der Waals surface area (Å²) in [6.07, 6.45) is 1.48. The van der Waals surface area contributed by atoms with Crippen LogP contribution in [-0.4, -0.2) is 15.9 Å². The van der Waals surface area contributed by atoms with E-state index in [0.717, 1.165) is 10.0 Å². The molecule has 1 N–H and O–H groups in total. The minimum atomic E-state index is -0.268. The summed E-state index contributed by atoms with van der Waals surface area (Å²) in [4.78, 5) is 19.9. The van der Waals surface area contributed by atoms with E-state index in [4.69, 9.17) is 11.6 Å². The Morgan fingerprint density at radius 3 is 2.89 bits per heavy atom. The molecule has 0 atom stereocenters. The molecule has 18 heavy (non-hydrogen) atoms. The summed E-state index contributed by atoms with van der Waals surface area (Å²) in [6, 6.07) is 6.95. The smallest absolute Gasteiger partial charge is 0.258 e. The van der Waals surface area contributed by atoms with Gasteiger partial charge in [-0.25, -0.2) is 9.97 Å². The molecule has 0 unspecified atom stereocenters. The van der Waals surface area contributed by atoms with E-state index in [-0.39, 0.29) is 17.0 Å². The van der Waals surface area contributed by atoms with E-state index in [1.165, 1.54) is 6.20 Å². The van der Waals surface area contributed by atoms with Crippen LogP contribution in [0.3, 0.4) is 0 Å². The Morgan fingerprint density at radius 2 is 2.17 bits per heavy atom. The van der Waals surface area contributed by atoms with Crippen molar-refractivity contribution in [3.05, 3.63) is 51.2 Å². The number of nitrogens with one attached hydrogen (secondary N) is 1. The zero-order valence-electron chi connectivity index (χ0n) is 9.45. The first-order valence-electron chi connectivity index (χ1n) is 5.13. The average Bonchev–Trinajstić information content (AvgIpc) is 2.32. The topological polar surface area (TPSA) is 54.9 Å². The minimum absolute atomic E-state index is 0.187. The van der Waals surface area contributed by atoms with Crippen molar-refractivity contribution in [1.82, 2.24) is 9.97 Å². The van der Waals surface area contributed by atoms with Gasteiger partial charge in [0, 0.05) is 16.2 Å². The van der Waals surface area contributed by atoms with Gasteiger partial charge in [0.15, 0.2) is 0 Å². The number of hydrogen-bond acceptors (Lipinski definition) is 3. The largest absolute Gasteiger partial charge is 0.290 e. The van der Waals surface area contributed by atoms with Gasteiger partial charge in [-0.2, -0.15) is 0 Å². The number of halogens is 2. The first-order valence-corrected chi connectivity index (χ1v) is 6.30. The molecule has 0 saturated carbocycles. The zero-order valence-corrected chi connectivity index (χ0v) is 11.8. The molecule has 0 spiro atoms. The quantitative estimate of drug-likeness (QED) is 0.860. The zero-order chi connectivity index (χ0) is 13.1. The van der Waals surface area contributed by atoms with Crippen LogP contribution < -0.4 is 5.32 Å². The van der Waals surface area contributed by atoms with Gasteiger partial charge in [-0.1, -0.05) is 33.6 Å². The van der Waals surface area contributed by atoms with Crippen molar-refractivity contribution >= 4 is 39.4 Å². The average molecular weight is 327 g/mol. The van der Waals surface area contributed by atoms with Crippen LogP contribution in [0.1, 0.15) is 15.9 Å². The predicted molar refractivity (Wildman–Crippen MR) is 73.9 cm³/mol. The van der Waals surface area contributed by atoms with Gasteiger partial charge < -0.3 is 0 Å². The van der Waals surface area contributed by atoms with Crippen LogP contribution in [0.2, 0.25) is 5.15 Å². The number of nitrogens with zero attached hydrogens (tertiary/aromatic N) is 2. The molecule has 1 amide bonds. The fourth-order valence-electron chi connectivity index (χ4n) is 1.42. The van der Waals surface area contributed by atoms with Gasteiger partial charge in [-0.05, 0) is 30.7 Å². The third-order valence-electron chi connectivity index (χ3n) is 2.36. The molecule has 0 saturated heterocycles. The standard InChI is InChI=1S/C12H9BrClN3O/c1-7-8(3-2-4-9(7)13)11(18)17-12-15-6-5-10(14)16-12/h2-6H,1H3,(H,15,16,17,18). The Balaban J connectivity index is 2.25. The second-order valence-electron chi connectivity index (χ2n) is 3.57. The van der Waals surface area contributed by atoms with Crippen molar-refractivity contribution < 1.29 is 4.79 Å². The van der Waals surface area contributed by atoms with Crippen LogP contribution in [0.15, 0.2) is 34.9 Å². The van der Waals surface area contributed by atoms with E-state index < -0.39 is 0 Å². The van der Waals surface area contributed by atoms with Crippen LogP contribution in [0.5, 0.6) is 0 Å². The number of hydrogen-bond donors (Lipinski definition) is 1. The third-order valence-corrected chi connectivity index (χ3v) is 3.43. The van der Waals surface area contributed by atoms with Crippen LogP contribution in [0, 0.1) is 6.92 Å². The number of carbonyl (C=O) groups is 1. The maximum Gasteiger partial charge on any atom is 0.258 e. The van der Waals surface area contributed by atoms with Crippen molar-refractivity contribution in [2.45, 2.75) is 6.92 Å². The summed E-state index contributed by atoms with van der Waals surface area (Å²) < 4.78 is 0.877. The molecular formula is C12H9BrClN3O. The lowest BCUT2D eigenvalue weighted by molar-refractivity contribution is 0.102. The highest BCUT2D eigenvalue weighted by Crippen LogP contribution is 2.20. The summed E-state index contributed by atoms with van der Waals surface area (Å²) in [5, 5.41) is 2.88.